The second-order valence-corrected chi connectivity index (χ2v) is 3.19. The van der Waals surface area contributed by atoms with E-state index in [1.807, 2.05) is 12.2 Å². The van der Waals surface area contributed by atoms with Gasteiger partial charge in [-0.15, -0.1) is 4.73 Å². The second-order valence-electron chi connectivity index (χ2n) is 3.19. The van der Waals surface area contributed by atoms with Gasteiger partial charge in [0.05, 0.1) is 0 Å². The molecule has 1 heterocycles. The first-order valence-electron chi connectivity index (χ1n) is 4.71. The van der Waals surface area contributed by atoms with E-state index >= 15 is 0 Å². The minimum absolute atomic E-state index is 0.0173. The number of rotatable bonds is 2. The molecule has 2 rings (SSSR count). The number of fused-ring (bicyclic) bond motifs is 1. The maximum atomic E-state index is 9.73. The molecule has 0 saturated carbocycles. The van der Waals surface area contributed by atoms with Crippen LogP contribution in [0.25, 0.3) is 6.08 Å². The monoisotopic (exact) mass is 195 g/mol. The lowest BCUT2D eigenvalue weighted by molar-refractivity contribution is 0.0839. The normalized spacial score (nSPS) is 14.1. The Kier molecular flexibility index (Phi) is 2.11. The van der Waals surface area contributed by atoms with Gasteiger partial charge in [0.15, 0.2) is 0 Å². The average Bonchev–Trinajstić information content (AvgIpc) is 2.45. The van der Waals surface area contributed by atoms with Crippen molar-refractivity contribution >= 4 is 6.08 Å². The molecule has 1 aliphatic carbocycles. The number of aromatic nitrogens is 1. The zero-order chi connectivity index (χ0) is 10.1. The van der Waals surface area contributed by atoms with Crippen LogP contribution >= 0.6 is 0 Å². The predicted octanol–water partition coefficient (Wildman–Crippen LogP) is 1.31. The maximum absolute atomic E-state index is 9.73. The van der Waals surface area contributed by atoms with Gasteiger partial charge in [-0.25, -0.2) is 0 Å². The molecule has 4 heteroatoms. The molecule has 0 bridgehead atoms. The van der Waals surface area contributed by atoms with Crippen molar-refractivity contribution in [3.05, 3.63) is 17.2 Å². The molecule has 4 nitrogen and oxygen atoms in total. The highest BCUT2D eigenvalue weighted by Crippen LogP contribution is 2.36. The molecule has 0 amide bonds. The van der Waals surface area contributed by atoms with Crippen molar-refractivity contribution in [1.29, 1.82) is 0 Å². The lowest BCUT2D eigenvalue weighted by Crippen LogP contribution is -2.09. The average molecular weight is 195 g/mol. The molecule has 0 unspecified atom stereocenters. The zero-order valence-electron chi connectivity index (χ0n) is 8.03. The van der Waals surface area contributed by atoms with Crippen LogP contribution < -0.4 is 4.84 Å². The van der Waals surface area contributed by atoms with Crippen LogP contribution in [0.1, 0.15) is 24.5 Å². The van der Waals surface area contributed by atoms with E-state index in [2.05, 4.69) is 0 Å². The van der Waals surface area contributed by atoms with E-state index in [-0.39, 0.29) is 11.8 Å². The first-order chi connectivity index (χ1) is 6.75. The molecule has 76 valence electrons. The van der Waals surface area contributed by atoms with Crippen LogP contribution in [0.4, 0.5) is 0 Å². The molecule has 0 radical (unpaired) electrons. The minimum Gasteiger partial charge on any atom is -0.492 e. The van der Waals surface area contributed by atoms with Crippen LogP contribution in [0.5, 0.6) is 11.8 Å². The lowest BCUT2D eigenvalue weighted by Gasteiger charge is -2.05. The summed E-state index contributed by atoms with van der Waals surface area (Å²) in [5.41, 5.74) is 1.43. The summed E-state index contributed by atoms with van der Waals surface area (Å²) in [4.78, 5) is 5.10. The van der Waals surface area contributed by atoms with E-state index in [0.29, 0.717) is 12.2 Å². The van der Waals surface area contributed by atoms with Crippen molar-refractivity contribution in [3.63, 3.8) is 0 Å². The van der Waals surface area contributed by atoms with Crippen molar-refractivity contribution in [2.24, 2.45) is 0 Å². The topological polar surface area (TPSA) is 54.6 Å². The van der Waals surface area contributed by atoms with E-state index in [4.69, 9.17) is 4.84 Å². The van der Waals surface area contributed by atoms with Gasteiger partial charge in [-0.3, -0.25) is 0 Å². The third kappa shape index (κ3) is 1.14. The Hall–Kier alpha value is -1.58. The van der Waals surface area contributed by atoms with Gasteiger partial charge in [0.1, 0.15) is 6.61 Å². The Morgan fingerprint density at radius 1 is 1.43 bits per heavy atom. The molecule has 0 saturated heterocycles. The molecule has 0 atom stereocenters. The highest BCUT2D eigenvalue weighted by Gasteiger charge is 2.22. The number of hydrogen-bond donors (Lipinski definition) is 2. The predicted molar refractivity (Wildman–Crippen MR) is 52.2 cm³/mol. The lowest BCUT2D eigenvalue weighted by atomic mass is 10.0. The molecule has 2 N–H and O–H groups in total. The van der Waals surface area contributed by atoms with E-state index in [1.54, 1.807) is 6.92 Å². The van der Waals surface area contributed by atoms with E-state index in [0.717, 1.165) is 23.1 Å². The van der Waals surface area contributed by atoms with E-state index < -0.39 is 0 Å². The smallest absolute Gasteiger partial charge is 0.236 e. The van der Waals surface area contributed by atoms with Crippen molar-refractivity contribution in [2.75, 3.05) is 6.61 Å². The quantitative estimate of drug-likeness (QED) is 0.748. The Morgan fingerprint density at radius 3 is 2.86 bits per heavy atom. The third-order valence-electron chi connectivity index (χ3n) is 2.32. The first-order valence-corrected chi connectivity index (χ1v) is 4.71. The number of hydrogen-bond acceptors (Lipinski definition) is 3. The zero-order valence-corrected chi connectivity index (χ0v) is 8.03. The summed E-state index contributed by atoms with van der Waals surface area (Å²) in [6.07, 6.45) is 5.41. The van der Waals surface area contributed by atoms with Crippen LogP contribution in [0, 0.1) is 0 Å². The van der Waals surface area contributed by atoms with Gasteiger partial charge < -0.3 is 15.1 Å². The Labute approximate surface area is 82.0 Å². The summed E-state index contributed by atoms with van der Waals surface area (Å²) in [5, 5.41) is 19.4. The molecule has 0 aromatic carbocycles. The third-order valence-corrected chi connectivity index (χ3v) is 2.32. The summed E-state index contributed by atoms with van der Waals surface area (Å²) < 4.78 is 1.08. The largest absolute Gasteiger partial charge is 0.492 e. The molecule has 0 aliphatic heterocycles. The Bertz CT molecular complexity index is 379. The minimum atomic E-state index is -0.0182. The van der Waals surface area contributed by atoms with Crippen LogP contribution in [-0.4, -0.2) is 21.6 Å². The Balaban J connectivity index is 2.53. The fraction of sp³-hybridized carbons (Fsp3) is 0.400. The molecule has 0 spiro atoms. The van der Waals surface area contributed by atoms with Crippen molar-refractivity contribution in [1.82, 2.24) is 4.73 Å². The van der Waals surface area contributed by atoms with Gasteiger partial charge >= 0.3 is 0 Å². The van der Waals surface area contributed by atoms with E-state index in [9.17, 15) is 10.2 Å². The molecular weight excluding hydrogens is 182 g/mol. The number of allylic oxidation sites excluding steroid dienone is 1. The van der Waals surface area contributed by atoms with Crippen LogP contribution in [0.15, 0.2) is 6.08 Å². The van der Waals surface area contributed by atoms with Gasteiger partial charge in [-0.2, -0.15) is 0 Å². The van der Waals surface area contributed by atoms with E-state index in [1.165, 1.54) is 0 Å². The summed E-state index contributed by atoms with van der Waals surface area (Å²) in [7, 11) is 0. The maximum Gasteiger partial charge on any atom is 0.236 e. The van der Waals surface area contributed by atoms with Crippen molar-refractivity contribution in [2.45, 2.75) is 19.8 Å². The van der Waals surface area contributed by atoms with Gasteiger partial charge in [-0.05, 0) is 19.8 Å². The van der Waals surface area contributed by atoms with Crippen LogP contribution in [0.2, 0.25) is 0 Å². The van der Waals surface area contributed by atoms with Gasteiger partial charge in [0, 0.05) is 11.1 Å². The van der Waals surface area contributed by atoms with Crippen LogP contribution in [-0.2, 0) is 6.42 Å². The van der Waals surface area contributed by atoms with Gasteiger partial charge in [-0.1, -0.05) is 12.2 Å². The molecular formula is C10H13NO3. The highest BCUT2D eigenvalue weighted by atomic mass is 16.7. The molecule has 14 heavy (non-hydrogen) atoms. The summed E-state index contributed by atoms with van der Waals surface area (Å²) in [5.74, 6) is -0.000926. The van der Waals surface area contributed by atoms with Crippen molar-refractivity contribution < 1.29 is 15.1 Å². The fourth-order valence-corrected chi connectivity index (χ4v) is 1.69. The molecule has 1 aromatic heterocycles. The number of aromatic hydroxyl groups is 2. The van der Waals surface area contributed by atoms with Gasteiger partial charge in [0.2, 0.25) is 11.8 Å². The standard InChI is InChI=1S/C10H13NO3/c1-2-14-11-9(12)7-5-3-4-6-8(7)10(11)13/h3,5,12-13H,2,4,6H2,1H3. The SMILES string of the molecule is CCOn1c(O)c2c(c1O)CCC=C2. The molecule has 0 fully saturated rings. The van der Waals surface area contributed by atoms with Crippen molar-refractivity contribution in [3.8, 4) is 11.8 Å². The summed E-state index contributed by atoms with van der Waals surface area (Å²) >= 11 is 0. The summed E-state index contributed by atoms with van der Waals surface area (Å²) in [6.45, 7) is 2.20. The van der Waals surface area contributed by atoms with Crippen LogP contribution in [0.3, 0.4) is 0 Å². The first kappa shape index (κ1) is 8.99. The highest BCUT2D eigenvalue weighted by molar-refractivity contribution is 5.65. The molecule has 1 aliphatic rings. The summed E-state index contributed by atoms with van der Waals surface area (Å²) in [6, 6.07) is 0. The van der Waals surface area contributed by atoms with Gasteiger partial charge in [0.25, 0.3) is 0 Å². The number of nitrogens with zero attached hydrogens (tertiary/aromatic N) is 1. The second kappa shape index (κ2) is 3.29. The Morgan fingerprint density at radius 2 is 2.21 bits per heavy atom. The molecule has 1 aromatic rings. The fourth-order valence-electron chi connectivity index (χ4n) is 1.69.